The van der Waals surface area contributed by atoms with Crippen LogP contribution < -0.4 is 38.1 Å². The van der Waals surface area contributed by atoms with Gasteiger partial charge in [-0.1, -0.05) is 78.6 Å². The normalized spacial score (nSPS) is 28.0. The lowest BCUT2D eigenvalue weighted by molar-refractivity contribution is -0.147. The Labute approximate surface area is 317 Å². The summed E-state index contributed by atoms with van der Waals surface area (Å²) in [6.07, 6.45) is 10.5. The molecule has 0 aromatic carbocycles. The molecule has 0 aromatic heterocycles. The van der Waals surface area contributed by atoms with E-state index in [-0.39, 0.29) is 31.4 Å². The van der Waals surface area contributed by atoms with Crippen LogP contribution in [-0.4, -0.2) is 110 Å². The van der Waals surface area contributed by atoms with E-state index >= 15 is 0 Å². The molecule has 0 radical (unpaired) electrons. The largest absolute Gasteiger partial charge is 0.375 e. The van der Waals surface area contributed by atoms with E-state index in [1.54, 1.807) is 20.9 Å². The van der Waals surface area contributed by atoms with Crippen molar-refractivity contribution < 1.29 is 33.5 Å². The Morgan fingerprint density at radius 2 is 1.45 bits per heavy atom. The SMILES string of the molecule is CCCCCC[C@H]1OC[C@@H](C)NC(=O)C(CC(=O)NCCCN)NC(=O)C(CN)NC(=O)C(C2CCCCCC2)NC(=O)C(CCC)N(C)C(=O)C1C. The number of hydrogen-bond donors (Lipinski definition) is 7. The fourth-order valence-corrected chi connectivity index (χ4v) is 7.16. The first-order valence-corrected chi connectivity index (χ1v) is 20.1. The zero-order valence-corrected chi connectivity index (χ0v) is 33.0. The summed E-state index contributed by atoms with van der Waals surface area (Å²) in [7, 11) is 1.63. The minimum Gasteiger partial charge on any atom is -0.375 e. The Kier molecular flexibility index (Phi) is 21.5. The average Bonchev–Trinajstić information content (AvgIpc) is 3.42. The molecule has 0 spiro atoms. The molecule has 7 atom stereocenters. The van der Waals surface area contributed by atoms with E-state index in [0.717, 1.165) is 51.4 Å². The second-order valence-corrected chi connectivity index (χ2v) is 15.0. The summed E-state index contributed by atoms with van der Waals surface area (Å²) in [5.74, 6) is -3.86. The molecule has 2 rings (SSSR count). The first kappa shape index (κ1) is 45.9. The summed E-state index contributed by atoms with van der Waals surface area (Å²) < 4.78 is 6.35. The summed E-state index contributed by atoms with van der Waals surface area (Å²) in [4.78, 5) is 83.9. The molecule has 1 aliphatic carbocycles. The molecule has 0 aromatic rings. The van der Waals surface area contributed by atoms with Crippen LogP contribution in [0, 0.1) is 11.8 Å². The summed E-state index contributed by atoms with van der Waals surface area (Å²) in [6.45, 7) is 8.07. The van der Waals surface area contributed by atoms with E-state index in [2.05, 4.69) is 33.5 Å². The standard InChI is InChI=1S/C38H70N8O7/c1-6-8-9-14-19-31-26(4)38(52)46(5)30(16-7-2)36(50)45-33(27-17-12-10-11-13-18-27)37(51)44-29(23-40)35(49)43-28(22-32(47)41-21-15-20-39)34(48)42-25(3)24-53-31/h25-31,33H,6-24,39-40H2,1-5H3,(H,41,47)(H,42,48)(H,43,49)(H,44,51)(H,45,50)/t25-,26?,28?,29?,30?,31-,33?/m1/s1. The Morgan fingerprint density at radius 3 is 2.08 bits per heavy atom. The summed E-state index contributed by atoms with van der Waals surface area (Å²) >= 11 is 0. The highest BCUT2D eigenvalue weighted by Crippen LogP contribution is 2.27. The fourth-order valence-electron chi connectivity index (χ4n) is 7.16. The molecule has 2 fully saturated rings. The van der Waals surface area contributed by atoms with E-state index in [9.17, 15) is 28.8 Å². The lowest BCUT2D eigenvalue weighted by Crippen LogP contribution is -2.61. The van der Waals surface area contributed by atoms with Gasteiger partial charge < -0.3 is 47.7 Å². The van der Waals surface area contributed by atoms with Crippen molar-refractivity contribution in [1.29, 1.82) is 0 Å². The molecule has 15 nitrogen and oxygen atoms in total. The molecule has 5 unspecified atom stereocenters. The molecule has 9 N–H and O–H groups in total. The van der Waals surface area contributed by atoms with Crippen LogP contribution in [0.1, 0.15) is 124 Å². The molecule has 2 aliphatic rings. The lowest BCUT2D eigenvalue weighted by Gasteiger charge is -2.34. The van der Waals surface area contributed by atoms with E-state index in [1.165, 1.54) is 4.90 Å². The van der Waals surface area contributed by atoms with Crippen molar-refractivity contribution in [2.45, 2.75) is 160 Å². The first-order chi connectivity index (χ1) is 25.4. The number of nitrogens with one attached hydrogen (secondary N) is 5. The first-order valence-electron chi connectivity index (χ1n) is 20.1. The molecular formula is C38H70N8O7. The second kappa shape index (κ2) is 24.9. The van der Waals surface area contributed by atoms with E-state index < -0.39 is 71.8 Å². The van der Waals surface area contributed by atoms with Gasteiger partial charge >= 0.3 is 0 Å². The number of carbonyl (C=O) groups excluding carboxylic acids is 6. The Balaban J connectivity index is 2.55. The third-order valence-electron chi connectivity index (χ3n) is 10.5. The van der Waals surface area contributed by atoms with Crippen molar-refractivity contribution in [1.82, 2.24) is 31.5 Å². The third kappa shape index (κ3) is 15.5. The zero-order chi connectivity index (χ0) is 39.3. The minimum absolute atomic E-state index is 0.0678. The molecule has 1 saturated carbocycles. The third-order valence-corrected chi connectivity index (χ3v) is 10.5. The monoisotopic (exact) mass is 751 g/mol. The number of ether oxygens (including phenoxy) is 1. The number of likely N-dealkylation sites (N-methyl/N-ethyl adjacent to an activating group) is 1. The van der Waals surface area contributed by atoms with Gasteiger partial charge in [-0.25, -0.2) is 0 Å². The number of unbranched alkanes of at least 4 members (excludes halogenated alkanes) is 3. The predicted molar refractivity (Wildman–Crippen MR) is 204 cm³/mol. The van der Waals surface area contributed by atoms with Gasteiger partial charge in [0.25, 0.3) is 0 Å². The molecular weight excluding hydrogens is 680 g/mol. The van der Waals surface area contributed by atoms with Crippen LogP contribution in [0.4, 0.5) is 0 Å². The van der Waals surface area contributed by atoms with Gasteiger partial charge in [-0.3, -0.25) is 28.8 Å². The van der Waals surface area contributed by atoms with Crippen molar-refractivity contribution in [3.63, 3.8) is 0 Å². The second-order valence-electron chi connectivity index (χ2n) is 15.0. The topological polar surface area (TPSA) is 227 Å². The quantitative estimate of drug-likeness (QED) is 0.100. The van der Waals surface area contributed by atoms with E-state index in [1.807, 2.05) is 6.92 Å². The highest BCUT2D eigenvalue weighted by molar-refractivity contribution is 5.97. The number of nitrogens with two attached hydrogens (primary N) is 2. The number of nitrogens with zero attached hydrogens (tertiary/aromatic N) is 1. The van der Waals surface area contributed by atoms with Gasteiger partial charge in [0.2, 0.25) is 35.4 Å². The molecule has 304 valence electrons. The molecule has 53 heavy (non-hydrogen) atoms. The van der Waals surface area contributed by atoms with Crippen LogP contribution in [0.5, 0.6) is 0 Å². The van der Waals surface area contributed by atoms with Crippen molar-refractivity contribution >= 4 is 35.4 Å². The highest BCUT2D eigenvalue weighted by atomic mass is 16.5. The van der Waals surface area contributed by atoms with Crippen LogP contribution in [0.2, 0.25) is 0 Å². The van der Waals surface area contributed by atoms with Crippen LogP contribution in [0.25, 0.3) is 0 Å². The number of rotatable bonds is 14. The van der Waals surface area contributed by atoms with Crippen LogP contribution in [0.3, 0.4) is 0 Å². The van der Waals surface area contributed by atoms with E-state index in [4.69, 9.17) is 16.2 Å². The molecule has 0 bridgehead atoms. The van der Waals surface area contributed by atoms with Gasteiger partial charge in [0.15, 0.2) is 0 Å². The van der Waals surface area contributed by atoms with Gasteiger partial charge in [0.05, 0.1) is 25.0 Å². The Morgan fingerprint density at radius 1 is 0.792 bits per heavy atom. The molecule has 1 saturated heterocycles. The van der Waals surface area contributed by atoms with Crippen LogP contribution >= 0.6 is 0 Å². The Bertz CT molecular complexity index is 1170. The van der Waals surface area contributed by atoms with Crippen LogP contribution in [-0.2, 0) is 33.5 Å². The number of amides is 6. The van der Waals surface area contributed by atoms with Gasteiger partial charge in [-0.15, -0.1) is 0 Å². The van der Waals surface area contributed by atoms with Gasteiger partial charge in [-0.2, -0.15) is 0 Å². The molecule has 1 heterocycles. The fraction of sp³-hybridized carbons (Fsp3) is 0.842. The summed E-state index contributed by atoms with van der Waals surface area (Å²) in [5.41, 5.74) is 11.6. The van der Waals surface area contributed by atoms with E-state index in [0.29, 0.717) is 51.6 Å². The summed E-state index contributed by atoms with van der Waals surface area (Å²) in [6, 6.07) is -4.90. The van der Waals surface area contributed by atoms with Crippen LogP contribution in [0.15, 0.2) is 0 Å². The maximum absolute atomic E-state index is 14.1. The Hall–Kier alpha value is -3.30. The van der Waals surface area contributed by atoms with Crippen molar-refractivity contribution in [3.05, 3.63) is 0 Å². The number of carbonyl (C=O) groups is 6. The summed E-state index contributed by atoms with van der Waals surface area (Å²) in [5, 5.41) is 13.9. The van der Waals surface area contributed by atoms with Crippen molar-refractivity contribution in [3.8, 4) is 0 Å². The molecule has 1 aliphatic heterocycles. The number of hydrogen-bond acceptors (Lipinski definition) is 9. The maximum atomic E-state index is 14.1. The lowest BCUT2D eigenvalue weighted by atomic mass is 9.90. The van der Waals surface area contributed by atoms with Gasteiger partial charge in [0.1, 0.15) is 24.2 Å². The van der Waals surface area contributed by atoms with Crippen molar-refractivity contribution in [2.24, 2.45) is 23.3 Å². The predicted octanol–water partition coefficient (Wildman–Crippen LogP) is 1.36. The zero-order valence-electron chi connectivity index (χ0n) is 33.0. The van der Waals surface area contributed by atoms with Gasteiger partial charge in [0, 0.05) is 26.2 Å². The molecule has 6 amide bonds. The van der Waals surface area contributed by atoms with Gasteiger partial charge in [-0.05, 0) is 51.5 Å². The highest BCUT2D eigenvalue weighted by Gasteiger charge is 2.38. The molecule has 15 heteroatoms. The smallest absolute Gasteiger partial charge is 0.244 e. The van der Waals surface area contributed by atoms with Crippen molar-refractivity contribution in [2.75, 3.05) is 33.3 Å². The minimum atomic E-state index is -1.29. The average molecular weight is 751 g/mol. The maximum Gasteiger partial charge on any atom is 0.244 e.